The third kappa shape index (κ3) is 2.57. The van der Waals surface area contributed by atoms with Gasteiger partial charge < -0.3 is 14.8 Å². The number of fused-ring (bicyclic) bond motifs is 2. The Morgan fingerprint density at radius 1 is 1.00 bits per heavy atom. The van der Waals surface area contributed by atoms with Gasteiger partial charge >= 0.3 is 0 Å². The maximum Gasteiger partial charge on any atom is 0.165 e. The quantitative estimate of drug-likeness (QED) is 0.938. The molecule has 3 nitrogen and oxygen atoms in total. The second kappa shape index (κ2) is 6.01. The maximum atomic E-state index is 5.80. The van der Waals surface area contributed by atoms with Crippen molar-refractivity contribution in [2.75, 3.05) is 13.2 Å². The summed E-state index contributed by atoms with van der Waals surface area (Å²) >= 11 is 0. The molecule has 0 saturated heterocycles. The van der Waals surface area contributed by atoms with Gasteiger partial charge in [0.15, 0.2) is 11.5 Å². The molecule has 0 amide bonds. The number of aryl methyl sites for hydroxylation is 1. The molecule has 0 bridgehead atoms. The number of nitrogens with one attached hydrogen (secondary N) is 1. The molecule has 1 aliphatic heterocycles. The van der Waals surface area contributed by atoms with E-state index in [0.717, 1.165) is 18.0 Å². The third-order valence-electron chi connectivity index (χ3n) is 4.56. The summed E-state index contributed by atoms with van der Waals surface area (Å²) in [6.45, 7) is 2.09. The van der Waals surface area contributed by atoms with Gasteiger partial charge in [0.05, 0.1) is 0 Å². The van der Waals surface area contributed by atoms with E-state index in [9.17, 15) is 0 Å². The zero-order chi connectivity index (χ0) is 14.8. The first-order chi connectivity index (χ1) is 10.9. The van der Waals surface area contributed by atoms with Crippen molar-refractivity contribution in [2.45, 2.75) is 31.8 Å². The highest BCUT2D eigenvalue weighted by atomic mass is 16.6. The minimum atomic E-state index is 0.435. The normalized spacial score (nSPS) is 19.5. The van der Waals surface area contributed by atoms with E-state index in [1.54, 1.807) is 0 Å². The highest BCUT2D eigenvalue weighted by Gasteiger charge is 2.21. The van der Waals surface area contributed by atoms with E-state index in [2.05, 4.69) is 35.6 Å². The minimum Gasteiger partial charge on any atom is -0.486 e. The van der Waals surface area contributed by atoms with Gasteiger partial charge in [-0.2, -0.15) is 0 Å². The molecule has 0 spiro atoms. The van der Waals surface area contributed by atoms with Gasteiger partial charge in [-0.25, -0.2) is 0 Å². The summed E-state index contributed by atoms with van der Waals surface area (Å²) in [6, 6.07) is 15.4. The Hall–Kier alpha value is -2.00. The lowest BCUT2D eigenvalue weighted by Crippen LogP contribution is -2.25. The van der Waals surface area contributed by atoms with Gasteiger partial charge in [-0.1, -0.05) is 36.4 Å². The Balaban J connectivity index is 1.52. The molecule has 1 heterocycles. The lowest BCUT2D eigenvalue weighted by molar-refractivity contribution is 0.169. The summed E-state index contributed by atoms with van der Waals surface area (Å²) in [5.74, 6) is 1.78. The number of ether oxygens (including phenoxy) is 2. The molecule has 0 aromatic heterocycles. The van der Waals surface area contributed by atoms with E-state index in [1.165, 1.54) is 36.0 Å². The molecule has 0 saturated carbocycles. The van der Waals surface area contributed by atoms with E-state index in [4.69, 9.17) is 9.47 Å². The number of hydrogen-bond acceptors (Lipinski definition) is 3. The Kier molecular flexibility index (Phi) is 3.73. The smallest absolute Gasteiger partial charge is 0.165 e. The highest BCUT2D eigenvalue weighted by Crippen LogP contribution is 2.35. The minimum absolute atomic E-state index is 0.435. The van der Waals surface area contributed by atoms with Crippen LogP contribution in [-0.4, -0.2) is 13.2 Å². The molecule has 1 atom stereocenters. The molecule has 0 fully saturated rings. The van der Waals surface area contributed by atoms with E-state index >= 15 is 0 Å². The number of rotatable bonds is 3. The molecular weight excluding hydrogens is 274 g/mol. The molecule has 2 aromatic rings. The molecule has 2 aromatic carbocycles. The van der Waals surface area contributed by atoms with Crippen molar-refractivity contribution in [3.63, 3.8) is 0 Å². The van der Waals surface area contributed by atoms with Crippen LogP contribution >= 0.6 is 0 Å². The SMILES string of the molecule is c1ccc2c(c1)CCCC2NCc1cccc2c1OCCO2. The Labute approximate surface area is 131 Å². The van der Waals surface area contributed by atoms with Crippen LogP contribution in [0, 0.1) is 0 Å². The fourth-order valence-corrected chi connectivity index (χ4v) is 3.47. The lowest BCUT2D eigenvalue weighted by atomic mass is 9.87. The van der Waals surface area contributed by atoms with Crippen LogP contribution in [0.3, 0.4) is 0 Å². The standard InChI is InChI=1S/C19H21NO2/c1-2-8-16-14(5-1)6-3-9-17(16)20-13-15-7-4-10-18-19(15)22-12-11-21-18/h1-2,4-5,7-8,10,17,20H,3,6,9,11-13H2. The first-order valence-electron chi connectivity index (χ1n) is 8.10. The molecule has 3 heteroatoms. The first kappa shape index (κ1) is 13.6. The predicted octanol–water partition coefficient (Wildman–Crippen LogP) is 3.63. The summed E-state index contributed by atoms with van der Waals surface area (Å²) in [7, 11) is 0. The van der Waals surface area contributed by atoms with Crippen molar-refractivity contribution >= 4 is 0 Å². The van der Waals surface area contributed by atoms with Crippen LogP contribution in [0.2, 0.25) is 0 Å². The molecule has 22 heavy (non-hydrogen) atoms. The summed E-state index contributed by atoms with van der Waals surface area (Å²) in [5.41, 5.74) is 4.12. The number of hydrogen-bond donors (Lipinski definition) is 1. The molecule has 1 unspecified atom stereocenters. The highest BCUT2D eigenvalue weighted by molar-refractivity contribution is 5.47. The van der Waals surface area contributed by atoms with Crippen LogP contribution in [0.15, 0.2) is 42.5 Å². The Bertz CT molecular complexity index is 668. The summed E-state index contributed by atoms with van der Waals surface area (Å²) in [4.78, 5) is 0. The van der Waals surface area contributed by atoms with Crippen LogP contribution in [0.25, 0.3) is 0 Å². The molecule has 114 valence electrons. The number of para-hydroxylation sites is 1. The fourth-order valence-electron chi connectivity index (χ4n) is 3.47. The van der Waals surface area contributed by atoms with E-state index in [0.29, 0.717) is 19.3 Å². The molecule has 4 rings (SSSR count). The van der Waals surface area contributed by atoms with Crippen LogP contribution in [0.1, 0.15) is 35.6 Å². The predicted molar refractivity (Wildman–Crippen MR) is 86.4 cm³/mol. The van der Waals surface area contributed by atoms with E-state index < -0.39 is 0 Å². The average Bonchev–Trinajstić information content (AvgIpc) is 2.60. The maximum absolute atomic E-state index is 5.80. The van der Waals surface area contributed by atoms with Crippen molar-refractivity contribution < 1.29 is 9.47 Å². The van der Waals surface area contributed by atoms with Crippen LogP contribution < -0.4 is 14.8 Å². The summed E-state index contributed by atoms with van der Waals surface area (Å²) in [6.07, 6.45) is 3.65. The molecule has 1 aliphatic carbocycles. The largest absolute Gasteiger partial charge is 0.486 e. The molecule has 0 radical (unpaired) electrons. The lowest BCUT2D eigenvalue weighted by Gasteiger charge is -2.27. The number of benzene rings is 2. The first-order valence-corrected chi connectivity index (χ1v) is 8.10. The van der Waals surface area contributed by atoms with Crippen LogP contribution in [0.4, 0.5) is 0 Å². The van der Waals surface area contributed by atoms with Gasteiger partial charge in [-0.3, -0.25) is 0 Å². The Morgan fingerprint density at radius 2 is 1.91 bits per heavy atom. The van der Waals surface area contributed by atoms with Gasteiger partial charge in [-0.05, 0) is 36.5 Å². The monoisotopic (exact) mass is 295 g/mol. The van der Waals surface area contributed by atoms with Crippen molar-refractivity contribution in [3.05, 3.63) is 59.2 Å². The second-order valence-electron chi connectivity index (χ2n) is 5.97. The van der Waals surface area contributed by atoms with Crippen molar-refractivity contribution in [3.8, 4) is 11.5 Å². The topological polar surface area (TPSA) is 30.5 Å². The summed E-state index contributed by atoms with van der Waals surface area (Å²) in [5, 5.41) is 3.71. The van der Waals surface area contributed by atoms with E-state index in [1.807, 2.05) is 12.1 Å². The van der Waals surface area contributed by atoms with Crippen molar-refractivity contribution in [1.29, 1.82) is 0 Å². The molecular formula is C19H21NO2. The second-order valence-corrected chi connectivity index (χ2v) is 5.97. The zero-order valence-corrected chi connectivity index (χ0v) is 12.7. The third-order valence-corrected chi connectivity index (χ3v) is 4.56. The zero-order valence-electron chi connectivity index (χ0n) is 12.7. The van der Waals surface area contributed by atoms with Crippen LogP contribution in [0.5, 0.6) is 11.5 Å². The van der Waals surface area contributed by atoms with Gasteiger partial charge in [0.25, 0.3) is 0 Å². The fraction of sp³-hybridized carbons (Fsp3) is 0.368. The summed E-state index contributed by atoms with van der Waals surface area (Å²) < 4.78 is 11.5. The molecule has 1 N–H and O–H groups in total. The van der Waals surface area contributed by atoms with Crippen molar-refractivity contribution in [2.24, 2.45) is 0 Å². The van der Waals surface area contributed by atoms with Crippen molar-refractivity contribution in [1.82, 2.24) is 5.32 Å². The van der Waals surface area contributed by atoms with Gasteiger partial charge in [0.1, 0.15) is 13.2 Å². The average molecular weight is 295 g/mol. The van der Waals surface area contributed by atoms with E-state index in [-0.39, 0.29) is 0 Å². The Morgan fingerprint density at radius 3 is 2.91 bits per heavy atom. The van der Waals surface area contributed by atoms with Gasteiger partial charge in [0, 0.05) is 18.2 Å². The van der Waals surface area contributed by atoms with Gasteiger partial charge in [-0.15, -0.1) is 0 Å². The van der Waals surface area contributed by atoms with Crippen LogP contribution in [-0.2, 0) is 13.0 Å². The molecule has 2 aliphatic rings. The van der Waals surface area contributed by atoms with Gasteiger partial charge in [0.2, 0.25) is 0 Å².